The van der Waals surface area contributed by atoms with E-state index in [4.69, 9.17) is 5.73 Å². The van der Waals surface area contributed by atoms with Gasteiger partial charge in [0.05, 0.1) is 0 Å². The minimum Gasteiger partial charge on any atom is -0.349 e. The van der Waals surface area contributed by atoms with Gasteiger partial charge in [0.25, 0.3) is 0 Å². The van der Waals surface area contributed by atoms with Crippen LogP contribution in [-0.4, -0.2) is 11.1 Å². The fraction of sp³-hybridized carbons (Fsp3) is 0.636. The lowest BCUT2D eigenvalue weighted by atomic mass is 10.1. The normalized spacial score (nSPS) is 12.0. The Morgan fingerprint density at radius 3 is 2.54 bits per heavy atom. The highest BCUT2D eigenvalue weighted by molar-refractivity contribution is 5.12. The van der Waals surface area contributed by atoms with Gasteiger partial charge in [-0.3, -0.25) is 0 Å². The molecule has 0 saturated carbocycles. The van der Waals surface area contributed by atoms with E-state index in [0.717, 1.165) is 19.4 Å². The molecule has 1 heterocycles. The topological polar surface area (TPSA) is 30.9 Å². The zero-order valence-corrected chi connectivity index (χ0v) is 8.88. The summed E-state index contributed by atoms with van der Waals surface area (Å²) < 4.78 is 2.25. The lowest BCUT2D eigenvalue weighted by molar-refractivity contribution is 0.398. The molecule has 2 nitrogen and oxygen atoms in total. The molecule has 0 atom stereocenters. The van der Waals surface area contributed by atoms with Gasteiger partial charge in [-0.1, -0.05) is 0 Å². The summed E-state index contributed by atoms with van der Waals surface area (Å²) in [4.78, 5) is 0. The molecule has 0 fully saturated rings. The van der Waals surface area contributed by atoms with Crippen molar-refractivity contribution >= 4 is 0 Å². The number of aromatic nitrogens is 1. The van der Waals surface area contributed by atoms with Gasteiger partial charge in [0.15, 0.2) is 0 Å². The van der Waals surface area contributed by atoms with Crippen LogP contribution in [0.15, 0.2) is 18.5 Å². The molecule has 0 saturated heterocycles. The van der Waals surface area contributed by atoms with Crippen LogP contribution < -0.4 is 5.73 Å². The van der Waals surface area contributed by atoms with E-state index in [1.54, 1.807) is 0 Å². The van der Waals surface area contributed by atoms with Crippen molar-refractivity contribution in [2.24, 2.45) is 5.73 Å². The van der Waals surface area contributed by atoms with Crippen LogP contribution in [-0.2, 0) is 12.0 Å². The molecule has 0 aliphatic rings. The standard InChI is InChI=1S/C11H20N2/c1-11(2,3)13-8-6-10(9-13)5-4-7-12/h6,8-9H,4-5,7,12H2,1-3H3. The molecule has 1 aromatic rings. The summed E-state index contributed by atoms with van der Waals surface area (Å²) in [5.74, 6) is 0. The molecular formula is C11H20N2. The van der Waals surface area contributed by atoms with Gasteiger partial charge in [0.1, 0.15) is 0 Å². The summed E-state index contributed by atoms with van der Waals surface area (Å²) in [5, 5.41) is 0. The molecule has 0 radical (unpaired) electrons. The lowest BCUT2D eigenvalue weighted by Crippen LogP contribution is -2.19. The largest absolute Gasteiger partial charge is 0.349 e. The predicted molar refractivity (Wildman–Crippen MR) is 56.8 cm³/mol. The molecule has 0 unspecified atom stereocenters. The number of hydrogen-bond acceptors (Lipinski definition) is 1. The van der Waals surface area contributed by atoms with Gasteiger partial charge < -0.3 is 10.3 Å². The molecule has 2 N–H and O–H groups in total. The molecule has 0 bridgehead atoms. The van der Waals surface area contributed by atoms with Crippen LogP contribution in [0.2, 0.25) is 0 Å². The first-order valence-electron chi connectivity index (χ1n) is 4.91. The number of hydrogen-bond donors (Lipinski definition) is 1. The van der Waals surface area contributed by atoms with Crippen molar-refractivity contribution in [2.45, 2.75) is 39.2 Å². The van der Waals surface area contributed by atoms with Crippen LogP contribution in [0.3, 0.4) is 0 Å². The number of nitrogens with zero attached hydrogens (tertiary/aromatic N) is 1. The fourth-order valence-electron chi connectivity index (χ4n) is 1.31. The molecule has 13 heavy (non-hydrogen) atoms. The zero-order chi connectivity index (χ0) is 9.90. The molecule has 0 aliphatic heterocycles. The maximum absolute atomic E-state index is 5.46. The van der Waals surface area contributed by atoms with Crippen LogP contribution >= 0.6 is 0 Å². The first kappa shape index (κ1) is 10.3. The highest BCUT2D eigenvalue weighted by atomic mass is 15.0. The summed E-state index contributed by atoms with van der Waals surface area (Å²) >= 11 is 0. The predicted octanol–water partition coefficient (Wildman–Crippen LogP) is 2.13. The summed E-state index contributed by atoms with van der Waals surface area (Å²) in [6, 6.07) is 2.18. The molecule has 2 heteroatoms. The van der Waals surface area contributed by atoms with Crippen molar-refractivity contribution in [1.82, 2.24) is 4.57 Å². The smallest absolute Gasteiger partial charge is 0.0355 e. The van der Waals surface area contributed by atoms with E-state index >= 15 is 0 Å². The van der Waals surface area contributed by atoms with Crippen molar-refractivity contribution in [2.75, 3.05) is 6.54 Å². The van der Waals surface area contributed by atoms with E-state index in [-0.39, 0.29) is 5.54 Å². The number of aryl methyl sites for hydroxylation is 1. The van der Waals surface area contributed by atoms with Crippen LogP contribution in [0, 0.1) is 0 Å². The molecule has 0 spiro atoms. The van der Waals surface area contributed by atoms with Crippen molar-refractivity contribution in [3.8, 4) is 0 Å². The molecule has 1 aromatic heterocycles. The second kappa shape index (κ2) is 3.97. The minimum atomic E-state index is 0.195. The Morgan fingerprint density at radius 1 is 1.38 bits per heavy atom. The number of nitrogens with two attached hydrogens (primary N) is 1. The molecule has 0 aromatic carbocycles. The van der Waals surface area contributed by atoms with Crippen molar-refractivity contribution in [3.63, 3.8) is 0 Å². The third kappa shape index (κ3) is 2.88. The Balaban J connectivity index is 2.64. The second-order valence-electron chi connectivity index (χ2n) is 4.49. The molecule has 1 rings (SSSR count). The van der Waals surface area contributed by atoms with Gasteiger partial charge in [-0.15, -0.1) is 0 Å². The highest BCUT2D eigenvalue weighted by Gasteiger charge is 2.11. The molecule has 0 aliphatic carbocycles. The van der Waals surface area contributed by atoms with Gasteiger partial charge in [0.2, 0.25) is 0 Å². The first-order chi connectivity index (χ1) is 6.04. The summed E-state index contributed by atoms with van der Waals surface area (Å²) in [7, 11) is 0. The molecule has 0 amide bonds. The SMILES string of the molecule is CC(C)(C)n1ccc(CCCN)c1. The first-order valence-corrected chi connectivity index (χ1v) is 4.91. The van der Waals surface area contributed by atoms with Gasteiger partial charge in [0, 0.05) is 17.9 Å². The Morgan fingerprint density at radius 2 is 2.08 bits per heavy atom. The maximum Gasteiger partial charge on any atom is 0.0355 e. The van der Waals surface area contributed by atoms with Gasteiger partial charge in [-0.2, -0.15) is 0 Å². The van der Waals surface area contributed by atoms with Crippen molar-refractivity contribution in [1.29, 1.82) is 0 Å². The van der Waals surface area contributed by atoms with E-state index in [1.165, 1.54) is 5.56 Å². The zero-order valence-electron chi connectivity index (χ0n) is 8.88. The molecular weight excluding hydrogens is 160 g/mol. The quantitative estimate of drug-likeness (QED) is 0.759. The van der Waals surface area contributed by atoms with Crippen LogP contribution in [0.25, 0.3) is 0 Å². The van der Waals surface area contributed by atoms with E-state index < -0.39 is 0 Å². The van der Waals surface area contributed by atoms with Gasteiger partial charge in [-0.05, 0) is 51.8 Å². The van der Waals surface area contributed by atoms with Crippen molar-refractivity contribution in [3.05, 3.63) is 24.0 Å². The second-order valence-corrected chi connectivity index (χ2v) is 4.49. The third-order valence-electron chi connectivity index (χ3n) is 2.20. The highest BCUT2D eigenvalue weighted by Crippen LogP contribution is 2.16. The Bertz CT molecular complexity index is 255. The third-order valence-corrected chi connectivity index (χ3v) is 2.20. The lowest BCUT2D eigenvalue weighted by Gasteiger charge is -2.20. The van der Waals surface area contributed by atoms with Gasteiger partial charge in [-0.25, -0.2) is 0 Å². The fourth-order valence-corrected chi connectivity index (χ4v) is 1.31. The van der Waals surface area contributed by atoms with E-state index in [9.17, 15) is 0 Å². The average Bonchev–Trinajstić information content (AvgIpc) is 2.47. The molecule has 74 valence electrons. The van der Waals surface area contributed by atoms with Gasteiger partial charge >= 0.3 is 0 Å². The Labute approximate surface area is 80.7 Å². The number of rotatable bonds is 3. The Hall–Kier alpha value is -0.760. The summed E-state index contributed by atoms with van der Waals surface area (Å²) in [6.07, 6.45) is 6.54. The summed E-state index contributed by atoms with van der Waals surface area (Å²) in [6.45, 7) is 7.40. The maximum atomic E-state index is 5.46. The van der Waals surface area contributed by atoms with Crippen LogP contribution in [0.5, 0.6) is 0 Å². The Kier molecular flexibility index (Phi) is 3.15. The van der Waals surface area contributed by atoms with E-state index in [1.807, 2.05) is 0 Å². The van der Waals surface area contributed by atoms with Crippen molar-refractivity contribution < 1.29 is 0 Å². The monoisotopic (exact) mass is 180 g/mol. The van der Waals surface area contributed by atoms with Crippen LogP contribution in [0.1, 0.15) is 32.8 Å². The average molecular weight is 180 g/mol. The summed E-state index contributed by atoms with van der Waals surface area (Å²) in [5.41, 5.74) is 7.05. The van der Waals surface area contributed by atoms with E-state index in [0.29, 0.717) is 0 Å². The minimum absolute atomic E-state index is 0.195. The van der Waals surface area contributed by atoms with E-state index in [2.05, 4.69) is 43.8 Å². The van der Waals surface area contributed by atoms with Crippen LogP contribution in [0.4, 0.5) is 0 Å².